The van der Waals surface area contributed by atoms with Crippen molar-refractivity contribution in [3.8, 4) is 0 Å². The SMILES string of the molecule is CCCn1ccnc1CC(NC)c1ccco1. The molecule has 2 aromatic rings. The van der Waals surface area contributed by atoms with Crippen LogP contribution in [-0.2, 0) is 13.0 Å². The highest BCUT2D eigenvalue weighted by molar-refractivity contribution is 5.08. The van der Waals surface area contributed by atoms with Gasteiger partial charge in [0.05, 0.1) is 12.3 Å². The molecule has 0 saturated carbocycles. The van der Waals surface area contributed by atoms with Gasteiger partial charge in [0.15, 0.2) is 0 Å². The molecule has 0 saturated heterocycles. The first kappa shape index (κ1) is 11.9. The summed E-state index contributed by atoms with van der Waals surface area (Å²) in [7, 11) is 1.94. The van der Waals surface area contributed by atoms with Crippen LogP contribution in [0.25, 0.3) is 0 Å². The Kier molecular flexibility index (Phi) is 3.98. The van der Waals surface area contributed by atoms with Gasteiger partial charge in [0, 0.05) is 25.4 Å². The van der Waals surface area contributed by atoms with Gasteiger partial charge >= 0.3 is 0 Å². The van der Waals surface area contributed by atoms with E-state index in [0.29, 0.717) is 0 Å². The van der Waals surface area contributed by atoms with E-state index in [-0.39, 0.29) is 6.04 Å². The van der Waals surface area contributed by atoms with Crippen molar-refractivity contribution in [1.29, 1.82) is 0 Å². The van der Waals surface area contributed by atoms with Crippen molar-refractivity contribution in [3.05, 3.63) is 42.4 Å². The van der Waals surface area contributed by atoms with Crippen molar-refractivity contribution in [2.45, 2.75) is 32.4 Å². The first-order valence-corrected chi connectivity index (χ1v) is 6.05. The van der Waals surface area contributed by atoms with E-state index in [2.05, 4.69) is 21.8 Å². The zero-order valence-corrected chi connectivity index (χ0v) is 10.4. The van der Waals surface area contributed by atoms with E-state index in [0.717, 1.165) is 31.0 Å². The van der Waals surface area contributed by atoms with Crippen molar-refractivity contribution in [2.24, 2.45) is 0 Å². The normalized spacial score (nSPS) is 12.8. The molecule has 2 rings (SSSR count). The summed E-state index contributed by atoms with van der Waals surface area (Å²) in [5.74, 6) is 2.06. The van der Waals surface area contributed by atoms with Crippen LogP contribution in [0.5, 0.6) is 0 Å². The molecule has 0 aliphatic rings. The third-order valence-electron chi connectivity index (χ3n) is 2.89. The molecule has 4 nitrogen and oxygen atoms in total. The maximum atomic E-state index is 5.44. The van der Waals surface area contributed by atoms with E-state index in [4.69, 9.17) is 4.42 Å². The molecular formula is C13H19N3O. The van der Waals surface area contributed by atoms with Crippen LogP contribution < -0.4 is 5.32 Å². The largest absolute Gasteiger partial charge is 0.468 e. The highest BCUT2D eigenvalue weighted by Crippen LogP contribution is 2.17. The molecule has 92 valence electrons. The molecule has 0 aromatic carbocycles. The van der Waals surface area contributed by atoms with Gasteiger partial charge in [0.25, 0.3) is 0 Å². The molecule has 0 spiro atoms. The fourth-order valence-corrected chi connectivity index (χ4v) is 1.99. The lowest BCUT2D eigenvalue weighted by atomic mass is 10.1. The molecule has 1 N–H and O–H groups in total. The summed E-state index contributed by atoms with van der Waals surface area (Å²) in [6.45, 7) is 3.19. The van der Waals surface area contributed by atoms with Crippen LogP contribution in [-0.4, -0.2) is 16.6 Å². The van der Waals surface area contributed by atoms with Crippen LogP contribution in [0.3, 0.4) is 0 Å². The lowest BCUT2D eigenvalue weighted by molar-refractivity contribution is 0.420. The van der Waals surface area contributed by atoms with Crippen molar-refractivity contribution in [3.63, 3.8) is 0 Å². The van der Waals surface area contributed by atoms with Crippen LogP contribution >= 0.6 is 0 Å². The number of aromatic nitrogens is 2. The average Bonchev–Trinajstić information content (AvgIpc) is 2.97. The molecule has 0 bridgehead atoms. The lowest BCUT2D eigenvalue weighted by Gasteiger charge is -2.14. The summed E-state index contributed by atoms with van der Waals surface area (Å²) in [5, 5.41) is 3.26. The van der Waals surface area contributed by atoms with Crippen molar-refractivity contribution in [1.82, 2.24) is 14.9 Å². The number of aryl methyl sites for hydroxylation is 1. The van der Waals surface area contributed by atoms with Gasteiger partial charge in [-0.05, 0) is 25.6 Å². The van der Waals surface area contributed by atoms with Gasteiger partial charge in [-0.25, -0.2) is 4.98 Å². The molecule has 17 heavy (non-hydrogen) atoms. The van der Waals surface area contributed by atoms with Gasteiger partial charge in [-0.15, -0.1) is 0 Å². The minimum absolute atomic E-state index is 0.183. The quantitative estimate of drug-likeness (QED) is 0.833. The molecule has 0 amide bonds. The van der Waals surface area contributed by atoms with Gasteiger partial charge in [0.2, 0.25) is 0 Å². The number of hydrogen-bond donors (Lipinski definition) is 1. The molecule has 0 aliphatic heterocycles. The minimum Gasteiger partial charge on any atom is -0.468 e. The van der Waals surface area contributed by atoms with E-state index in [1.807, 2.05) is 31.6 Å². The van der Waals surface area contributed by atoms with Gasteiger partial charge in [-0.1, -0.05) is 6.92 Å². The van der Waals surface area contributed by atoms with E-state index in [9.17, 15) is 0 Å². The van der Waals surface area contributed by atoms with E-state index < -0.39 is 0 Å². The number of furan rings is 1. The van der Waals surface area contributed by atoms with E-state index in [1.54, 1.807) is 6.26 Å². The number of likely N-dealkylation sites (N-methyl/N-ethyl adjacent to an activating group) is 1. The van der Waals surface area contributed by atoms with E-state index >= 15 is 0 Å². The third-order valence-corrected chi connectivity index (χ3v) is 2.89. The monoisotopic (exact) mass is 233 g/mol. The van der Waals surface area contributed by atoms with E-state index in [1.165, 1.54) is 0 Å². The molecule has 2 aromatic heterocycles. The van der Waals surface area contributed by atoms with Crippen LogP contribution in [0.15, 0.2) is 35.2 Å². The predicted molar refractivity (Wildman–Crippen MR) is 66.7 cm³/mol. The van der Waals surface area contributed by atoms with Crippen LogP contribution in [0.1, 0.15) is 31.0 Å². The summed E-state index contributed by atoms with van der Waals surface area (Å²) in [6, 6.07) is 4.09. The Hall–Kier alpha value is -1.55. The predicted octanol–water partition coefficient (Wildman–Crippen LogP) is 2.39. The summed E-state index contributed by atoms with van der Waals surface area (Å²) in [6.07, 6.45) is 7.57. The zero-order valence-electron chi connectivity index (χ0n) is 10.4. The smallest absolute Gasteiger partial charge is 0.121 e. The molecule has 0 fully saturated rings. The molecular weight excluding hydrogens is 214 g/mol. The maximum absolute atomic E-state index is 5.44. The Morgan fingerprint density at radius 1 is 1.53 bits per heavy atom. The standard InChI is InChI=1S/C13H19N3O/c1-3-7-16-8-6-15-13(16)10-11(14-2)12-5-4-9-17-12/h4-6,8-9,11,14H,3,7,10H2,1-2H3. The third kappa shape index (κ3) is 2.77. The Labute approximate surface area is 102 Å². The lowest BCUT2D eigenvalue weighted by Crippen LogP contribution is -2.20. The highest BCUT2D eigenvalue weighted by Gasteiger charge is 2.15. The average molecular weight is 233 g/mol. The number of rotatable bonds is 6. The summed E-state index contributed by atoms with van der Waals surface area (Å²) in [4.78, 5) is 4.41. The van der Waals surface area contributed by atoms with Crippen LogP contribution in [0.2, 0.25) is 0 Å². The summed E-state index contributed by atoms with van der Waals surface area (Å²) >= 11 is 0. The number of imidazole rings is 1. The zero-order chi connectivity index (χ0) is 12.1. The fourth-order valence-electron chi connectivity index (χ4n) is 1.99. The number of nitrogens with zero attached hydrogens (tertiary/aromatic N) is 2. The van der Waals surface area contributed by atoms with Gasteiger partial charge in [0.1, 0.15) is 11.6 Å². The Balaban J connectivity index is 2.10. The Bertz CT molecular complexity index is 433. The second-order valence-electron chi connectivity index (χ2n) is 4.10. The van der Waals surface area contributed by atoms with Crippen molar-refractivity contribution < 1.29 is 4.42 Å². The summed E-state index contributed by atoms with van der Waals surface area (Å²) < 4.78 is 7.64. The Morgan fingerprint density at radius 3 is 3.06 bits per heavy atom. The van der Waals surface area contributed by atoms with Gasteiger partial charge in [-0.3, -0.25) is 0 Å². The molecule has 4 heteroatoms. The van der Waals surface area contributed by atoms with Gasteiger partial charge < -0.3 is 14.3 Å². The molecule has 2 heterocycles. The molecule has 1 unspecified atom stereocenters. The molecule has 0 radical (unpaired) electrons. The maximum Gasteiger partial charge on any atom is 0.121 e. The second kappa shape index (κ2) is 5.68. The fraction of sp³-hybridized carbons (Fsp3) is 0.462. The molecule has 1 atom stereocenters. The van der Waals surface area contributed by atoms with Crippen LogP contribution in [0.4, 0.5) is 0 Å². The second-order valence-corrected chi connectivity index (χ2v) is 4.10. The minimum atomic E-state index is 0.183. The first-order valence-electron chi connectivity index (χ1n) is 6.05. The summed E-state index contributed by atoms with van der Waals surface area (Å²) in [5.41, 5.74) is 0. The first-order chi connectivity index (χ1) is 8.35. The van der Waals surface area contributed by atoms with Crippen molar-refractivity contribution in [2.75, 3.05) is 7.05 Å². The van der Waals surface area contributed by atoms with Gasteiger partial charge in [-0.2, -0.15) is 0 Å². The topological polar surface area (TPSA) is 43.0 Å². The highest BCUT2D eigenvalue weighted by atomic mass is 16.3. The van der Waals surface area contributed by atoms with Crippen LogP contribution in [0, 0.1) is 0 Å². The molecule has 0 aliphatic carbocycles. The number of hydrogen-bond acceptors (Lipinski definition) is 3. The van der Waals surface area contributed by atoms with Crippen molar-refractivity contribution >= 4 is 0 Å². The Morgan fingerprint density at radius 2 is 2.41 bits per heavy atom. The number of nitrogens with one attached hydrogen (secondary N) is 1.